The molecule has 17 heavy (non-hydrogen) atoms. The Morgan fingerprint density at radius 3 is 3.00 bits per heavy atom. The zero-order valence-electron chi connectivity index (χ0n) is 10.6. The molecule has 2 N–H and O–H groups in total. The van der Waals surface area contributed by atoms with E-state index < -0.39 is 0 Å². The Morgan fingerprint density at radius 1 is 1.65 bits per heavy atom. The van der Waals surface area contributed by atoms with Crippen molar-refractivity contribution in [3.05, 3.63) is 16.1 Å². The molecule has 1 aromatic heterocycles. The van der Waals surface area contributed by atoms with Crippen LogP contribution in [0.4, 0.5) is 0 Å². The van der Waals surface area contributed by atoms with E-state index in [1.807, 2.05) is 0 Å². The molecular formula is C12H22ClN3S. The first-order chi connectivity index (χ1) is 7.65. The average molecular weight is 276 g/mol. The minimum absolute atomic E-state index is 0. The van der Waals surface area contributed by atoms with Crippen LogP contribution < -0.4 is 5.73 Å². The Balaban J connectivity index is 0.00000144. The largest absolute Gasteiger partial charge is 0.328 e. The number of nitrogens with zero attached hydrogens (tertiary/aromatic N) is 2. The van der Waals surface area contributed by atoms with Gasteiger partial charge in [-0.2, -0.15) is 0 Å². The number of thiazole rings is 1. The van der Waals surface area contributed by atoms with Gasteiger partial charge in [-0.15, -0.1) is 23.7 Å². The van der Waals surface area contributed by atoms with Crippen LogP contribution >= 0.6 is 23.7 Å². The van der Waals surface area contributed by atoms with E-state index in [0.29, 0.717) is 12.0 Å². The first-order valence-electron chi connectivity index (χ1n) is 6.04. The molecule has 2 heterocycles. The van der Waals surface area contributed by atoms with Crippen molar-refractivity contribution in [3.8, 4) is 0 Å². The van der Waals surface area contributed by atoms with Gasteiger partial charge in [0.1, 0.15) is 5.01 Å². The lowest BCUT2D eigenvalue weighted by atomic mass is 9.92. The number of likely N-dealkylation sites (tertiary alicyclic amines) is 1. The van der Waals surface area contributed by atoms with Gasteiger partial charge in [0.25, 0.3) is 0 Å². The predicted molar refractivity (Wildman–Crippen MR) is 75.7 cm³/mol. The number of hydrogen-bond donors (Lipinski definition) is 1. The van der Waals surface area contributed by atoms with E-state index in [-0.39, 0.29) is 12.4 Å². The zero-order valence-corrected chi connectivity index (χ0v) is 12.2. The first kappa shape index (κ1) is 14.9. The molecule has 0 aliphatic carbocycles. The van der Waals surface area contributed by atoms with E-state index in [2.05, 4.69) is 29.1 Å². The molecule has 2 unspecified atom stereocenters. The van der Waals surface area contributed by atoms with E-state index >= 15 is 0 Å². The SMILES string of the molecule is Cc1csc(CN2CCCC(C(C)N)C2)n1.Cl. The fraction of sp³-hybridized carbons (Fsp3) is 0.750. The van der Waals surface area contributed by atoms with Gasteiger partial charge in [0.15, 0.2) is 0 Å². The third-order valence-electron chi connectivity index (χ3n) is 3.31. The summed E-state index contributed by atoms with van der Waals surface area (Å²) in [5.74, 6) is 0.662. The number of piperidine rings is 1. The number of aryl methyl sites for hydroxylation is 1. The first-order valence-corrected chi connectivity index (χ1v) is 6.92. The summed E-state index contributed by atoms with van der Waals surface area (Å²) in [6.07, 6.45) is 2.56. The molecule has 0 aromatic carbocycles. The van der Waals surface area contributed by atoms with Crippen molar-refractivity contribution in [1.82, 2.24) is 9.88 Å². The predicted octanol–water partition coefficient (Wildman–Crippen LogP) is 2.43. The van der Waals surface area contributed by atoms with Crippen LogP contribution in [-0.2, 0) is 6.54 Å². The Morgan fingerprint density at radius 2 is 2.41 bits per heavy atom. The number of hydrogen-bond acceptors (Lipinski definition) is 4. The highest BCUT2D eigenvalue weighted by molar-refractivity contribution is 7.09. The molecule has 0 radical (unpaired) electrons. The van der Waals surface area contributed by atoms with Gasteiger partial charge < -0.3 is 5.73 Å². The highest BCUT2D eigenvalue weighted by Gasteiger charge is 2.22. The summed E-state index contributed by atoms with van der Waals surface area (Å²) in [5.41, 5.74) is 7.13. The van der Waals surface area contributed by atoms with Crippen molar-refractivity contribution in [2.45, 2.75) is 39.3 Å². The standard InChI is InChI=1S/C12H21N3S.ClH/c1-9-8-16-12(14-9)7-15-5-3-4-11(6-15)10(2)13;/h8,10-11H,3-7,13H2,1-2H3;1H. The Labute approximate surface area is 114 Å². The molecule has 0 bridgehead atoms. The quantitative estimate of drug-likeness (QED) is 0.921. The molecule has 1 aliphatic rings. The Kier molecular flexibility index (Phi) is 5.86. The summed E-state index contributed by atoms with van der Waals surface area (Å²) >= 11 is 1.77. The molecule has 1 saturated heterocycles. The van der Waals surface area contributed by atoms with Crippen LogP contribution in [0.2, 0.25) is 0 Å². The lowest BCUT2D eigenvalue weighted by molar-refractivity contribution is 0.154. The van der Waals surface area contributed by atoms with Gasteiger partial charge >= 0.3 is 0 Å². The lowest BCUT2D eigenvalue weighted by Gasteiger charge is -2.34. The number of rotatable bonds is 3. The van der Waals surface area contributed by atoms with Crippen molar-refractivity contribution in [2.75, 3.05) is 13.1 Å². The molecule has 0 amide bonds. The second kappa shape index (κ2) is 6.69. The highest BCUT2D eigenvalue weighted by atomic mass is 35.5. The van der Waals surface area contributed by atoms with Crippen molar-refractivity contribution in [3.63, 3.8) is 0 Å². The van der Waals surface area contributed by atoms with Crippen LogP contribution in [0.15, 0.2) is 5.38 Å². The van der Waals surface area contributed by atoms with Gasteiger partial charge in [-0.25, -0.2) is 4.98 Å². The average Bonchev–Trinajstić information content (AvgIpc) is 2.64. The second-order valence-corrected chi connectivity index (χ2v) is 5.82. The summed E-state index contributed by atoms with van der Waals surface area (Å²) in [7, 11) is 0. The molecule has 0 spiro atoms. The van der Waals surface area contributed by atoms with E-state index in [4.69, 9.17) is 5.73 Å². The normalized spacial score (nSPS) is 23.1. The highest BCUT2D eigenvalue weighted by Crippen LogP contribution is 2.21. The smallest absolute Gasteiger partial charge is 0.107 e. The maximum absolute atomic E-state index is 5.99. The van der Waals surface area contributed by atoms with E-state index in [0.717, 1.165) is 18.8 Å². The van der Waals surface area contributed by atoms with Crippen molar-refractivity contribution >= 4 is 23.7 Å². The maximum atomic E-state index is 5.99. The summed E-state index contributed by atoms with van der Waals surface area (Å²) in [6.45, 7) is 7.52. The van der Waals surface area contributed by atoms with Gasteiger partial charge in [0.05, 0.1) is 6.54 Å². The van der Waals surface area contributed by atoms with E-state index in [1.54, 1.807) is 11.3 Å². The van der Waals surface area contributed by atoms with E-state index in [9.17, 15) is 0 Å². The van der Waals surface area contributed by atoms with Crippen LogP contribution in [0.1, 0.15) is 30.5 Å². The summed E-state index contributed by atoms with van der Waals surface area (Å²) < 4.78 is 0. The van der Waals surface area contributed by atoms with Crippen LogP contribution in [-0.4, -0.2) is 29.0 Å². The van der Waals surface area contributed by atoms with Gasteiger partial charge in [0.2, 0.25) is 0 Å². The molecule has 2 rings (SSSR count). The fourth-order valence-corrected chi connectivity index (χ4v) is 3.14. The van der Waals surface area contributed by atoms with Gasteiger partial charge in [-0.3, -0.25) is 4.90 Å². The maximum Gasteiger partial charge on any atom is 0.107 e. The van der Waals surface area contributed by atoms with Crippen LogP contribution in [0.3, 0.4) is 0 Å². The molecular weight excluding hydrogens is 254 g/mol. The minimum Gasteiger partial charge on any atom is -0.328 e. The number of aromatic nitrogens is 1. The third kappa shape index (κ3) is 4.21. The molecule has 98 valence electrons. The molecule has 1 aliphatic heterocycles. The monoisotopic (exact) mass is 275 g/mol. The number of nitrogens with two attached hydrogens (primary N) is 1. The van der Waals surface area contributed by atoms with Crippen molar-refractivity contribution in [2.24, 2.45) is 11.7 Å². The fourth-order valence-electron chi connectivity index (χ4n) is 2.33. The molecule has 2 atom stereocenters. The van der Waals surface area contributed by atoms with E-state index in [1.165, 1.54) is 24.4 Å². The number of halogens is 1. The van der Waals surface area contributed by atoms with Crippen molar-refractivity contribution in [1.29, 1.82) is 0 Å². The topological polar surface area (TPSA) is 42.1 Å². The van der Waals surface area contributed by atoms with Crippen LogP contribution in [0.5, 0.6) is 0 Å². The molecule has 1 fully saturated rings. The minimum atomic E-state index is 0. The summed E-state index contributed by atoms with van der Waals surface area (Å²) in [5, 5.41) is 3.37. The zero-order chi connectivity index (χ0) is 11.5. The third-order valence-corrected chi connectivity index (χ3v) is 4.26. The molecule has 1 aromatic rings. The Bertz CT molecular complexity index is 340. The van der Waals surface area contributed by atoms with Crippen LogP contribution in [0, 0.1) is 12.8 Å². The lowest BCUT2D eigenvalue weighted by Crippen LogP contribution is -2.41. The summed E-state index contributed by atoms with van der Waals surface area (Å²) in [4.78, 5) is 7.02. The van der Waals surface area contributed by atoms with Crippen molar-refractivity contribution < 1.29 is 0 Å². The molecule has 0 saturated carbocycles. The van der Waals surface area contributed by atoms with Crippen LogP contribution in [0.25, 0.3) is 0 Å². The van der Waals surface area contributed by atoms with Gasteiger partial charge in [0, 0.05) is 23.7 Å². The Hall–Kier alpha value is -0.160. The van der Waals surface area contributed by atoms with Gasteiger partial charge in [-0.1, -0.05) is 0 Å². The van der Waals surface area contributed by atoms with Gasteiger partial charge in [-0.05, 0) is 39.2 Å². The molecule has 5 heteroatoms. The molecule has 3 nitrogen and oxygen atoms in total. The summed E-state index contributed by atoms with van der Waals surface area (Å²) in [6, 6.07) is 0.320. The second-order valence-electron chi connectivity index (χ2n) is 4.88.